The van der Waals surface area contributed by atoms with Gasteiger partial charge in [-0.2, -0.15) is 0 Å². The summed E-state index contributed by atoms with van der Waals surface area (Å²) in [5.41, 5.74) is 0. The van der Waals surface area contributed by atoms with Gasteiger partial charge < -0.3 is 5.11 Å². The second-order valence-corrected chi connectivity index (χ2v) is 5.96. The minimum atomic E-state index is -3.45. The van der Waals surface area contributed by atoms with Crippen LogP contribution in [-0.2, 0) is 18.1 Å². The van der Waals surface area contributed by atoms with Gasteiger partial charge in [0.1, 0.15) is 0 Å². The van der Waals surface area contributed by atoms with Crippen molar-refractivity contribution in [3.8, 4) is 0 Å². The van der Waals surface area contributed by atoms with Crippen molar-refractivity contribution in [1.82, 2.24) is 0 Å². The molecule has 110 valence electrons. The van der Waals surface area contributed by atoms with E-state index in [1.807, 2.05) is 13.8 Å². The summed E-state index contributed by atoms with van der Waals surface area (Å²) in [7, 11) is -3.45. The Labute approximate surface area is 110 Å². The van der Waals surface area contributed by atoms with E-state index in [1.54, 1.807) is 6.92 Å². The number of aliphatic hydroxyl groups is 1. The minimum Gasteiger partial charge on any atom is -0.393 e. The first-order valence-corrected chi connectivity index (χ1v) is 8.21. The molecule has 6 heteroatoms. The Morgan fingerprint density at radius 1 is 1.00 bits per heavy atom. The van der Waals surface area contributed by atoms with Crippen LogP contribution in [-0.4, -0.2) is 31.0 Å². The number of unbranched alkanes of at least 4 members (excludes halogenated alkanes) is 2. The molecular formula is C12H27O5P. The van der Waals surface area contributed by atoms with Gasteiger partial charge in [-0.3, -0.25) is 13.6 Å². The van der Waals surface area contributed by atoms with Gasteiger partial charge in [-0.05, 0) is 26.2 Å². The van der Waals surface area contributed by atoms with Crippen molar-refractivity contribution in [2.75, 3.05) is 19.8 Å². The summed E-state index contributed by atoms with van der Waals surface area (Å²) in [4.78, 5) is 0. The average molecular weight is 282 g/mol. The van der Waals surface area contributed by atoms with Crippen LogP contribution < -0.4 is 0 Å². The fourth-order valence-corrected chi connectivity index (χ4v) is 2.35. The average Bonchev–Trinajstić information content (AvgIpc) is 2.29. The highest BCUT2D eigenvalue weighted by Gasteiger charge is 2.26. The van der Waals surface area contributed by atoms with Crippen LogP contribution in [0.5, 0.6) is 0 Å². The lowest BCUT2D eigenvalue weighted by atomic mass is 10.3. The lowest BCUT2D eigenvalue weighted by molar-refractivity contribution is 0.0932. The molecule has 1 N–H and O–H groups in total. The molecule has 0 fully saturated rings. The summed E-state index contributed by atoms with van der Waals surface area (Å²) in [5, 5.41) is 9.13. The molecule has 0 saturated carbocycles. The third-order valence-corrected chi connectivity index (χ3v) is 3.78. The van der Waals surface area contributed by atoms with Gasteiger partial charge in [0.25, 0.3) is 0 Å². The van der Waals surface area contributed by atoms with Crippen LogP contribution >= 0.6 is 7.82 Å². The Morgan fingerprint density at radius 3 is 1.83 bits per heavy atom. The molecule has 0 aliphatic heterocycles. The molecule has 0 aromatic rings. The molecule has 0 heterocycles. The maximum Gasteiger partial charge on any atom is 0.474 e. The Morgan fingerprint density at radius 2 is 1.44 bits per heavy atom. The predicted octanol–water partition coefficient (Wildman–Crippen LogP) is 3.52. The van der Waals surface area contributed by atoms with Crippen molar-refractivity contribution in [2.24, 2.45) is 0 Å². The summed E-state index contributed by atoms with van der Waals surface area (Å²) in [6, 6.07) is 0. The van der Waals surface area contributed by atoms with Gasteiger partial charge in [-0.25, -0.2) is 4.57 Å². The number of rotatable bonds is 12. The molecule has 0 aromatic carbocycles. The van der Waals surface area contributed by atoms with E-state index in [-0.39, 0.29) is 6.61 Å². The summed E-state index contributed by atoms with van der Waals surface area (Å²) >= 11 is 0. The molecule has 0 amide bonds. The predicted molar refractivity (Wildman–Crippen MR) is 71.6 cm³/mol. The van der Waals surface area contributed by atoms with E-state index in [1.165, 1.54) is 0 Å². The van der Waals surface area contributed by atoms with Crippen molar-refractivity contribution < 1.29 is 23.2 Å². The molecule has 0 unspecified atom stereocenters. The Bertz CT molecular complexity index is 219. The Balaban J connectivity index is 4.07. The van der Waals surface area contributed by atoms with Crippen molar-refractivity contribution in [1.29, 1.82) is 0 Å². The van der Waals surface area contributed by atoms with Crippen molar-refractivity contribution in [3.05, 3.63) is 0 Å². The van der Waals surface area contributed by atoms with E-state index >= 15 is 0 Å². The number of phosphoric ester groups is 1. The van der Waals surface area contributed by atoms with Crippen LogP contribution in [0.2, 0.25) is 0 Å². The molecule has 0 saturated heterocycles. The molecule has 18 heavy (non-hydrogen) atoms. The fourth-order valence-electron chi connectivity index (χ4n) is 1.09. The first-order chi connectivity index (χ1) is 8.54. The van der Waals surface area contributed by atoms with E-state index in [0.717, 1.165) is 25.7 Å². The zero-order valence-electron chi connectivity index (χ0n) is 11.8. The normalized spacial score (nSPS) is 13.8. The standard InChI is InChI=1S/C12H27O5P/c1-4-6-9-15-18(14,16-10-7-5-2)17-11-8-12(3)13/h12-13H,4-11H2,1-3H3/t12-/m0/s1. The lowest BCUT2D eigenvalue weighted by Gasteiger charge is -2.18. The molecule has 0 rings (SSSR count). The highest BCUT2D eigenvalue weighted by atomic mass is 31.2. The lowest BCUT2D eigenvalue weighted by Crippen LogP contribution is -2.08. The van der Waals surface area contributed by atoms with E-state index < -0.39 is 13.9 Å². The first-order valence-electron chi connectivity index (χ1n) is 6.75. The largest absolute Gasteiger partial charge is 0.474 e. The number of aliphatic hydroxyl groups excluding tert-OH is 1. The molecule has 0 aromatic heterocycles. The third kappa shape index (κ3) is 10.0. The highest BCUT2D eigenvalue weighted by molar-refractivity contribution is 7.48. The molecule has 0 aliphatic carbocycles. The van der Waals surface area contributed by atoms with Crippen molar-refractivity contribution >= 4 is 7.82 Å². The number of phosphoric acid groups is 1. The maximum absolute atomic E-state index is 12.2. The van der Waals surface area contributed by atoms with Crippen LogP contribution in [0.1, 0.15) is 52.9 Å². The molecule has 0 radical (unpaired) electrons. The van der Waals surface area contributed by atoms with Gasteiger partial charge in [0, 0.05) is 0 Å². The second kappa shape index (κ2) is 10.9. The van der Waals surface area contributed by atoms with E-state index in [2.05, 4.69) is 0 Å². The third-order valence-electron chi connectivity index (χ3n) is 2.28. The van der Waals surface area contributed by atoms with Gasteiger partial charge in [0.15, 0.2) is 0 Å². The van der Waals surface area contributed by atoms with Gasteiger partial charge in [-0.15, -0.1) is 0 Å². The van der Waals surface area contributed by atoms with E-state index in [4.69, 9.17) is 18.7 Å². The van der Waals surface area contributed by atoms with Crippen LogP contribution in [0.15, 0.2) is 0 Å². The smallest absolute Gasteiger partial charge is 0.393 e. The van der Waals surface area contributed by atoms with Gasteiger partial charge in [-0.1, -0.05) is 26.7 Å². The van der Waals surface area contributed by atoms with Crippen LogP contribution in [0, 0.1) is 0 Å². The van der Waals surface area contributed by atoms with Gasteiger partial charge >= 0.3 is 7.82 Å². The first kappa shape index (κ1) is 18.1. The highest BCUT2D eigenvalue weighted by Crippen LogP contribution is 2.49. The minimum absolute atomic E-state index is 0.174. The van der Waals surface area contributed by atoms with Crippen LogP contribution in [0.25, 0.3) is 0 Å². The SMILES string of the molecule is CCCCOP(=O)(OCCCC)OCC[C@H](C)O. The second-order valence-electron chi connectivity index (χ2n) is 4.29. The van der Waals surface area contributed by atoms with Crippen molar-refractivity contribution in [2.45, 2.75) is 59.0 Å². The number of hydrogen-bond acceptors (Lipinski definition) is 5. The van der Waals surface area contributed by atoms with Gasteiger partial charge in [0.05, 0.1) is 25.9 Å². The zero-order chi connectivity index (χ0) is 13.9. The van der Waals surface area contributed by atoms with Gasteiger partial charge in [0.2, 0.25) is 0 Å². The summed E-state index contributed by atoms with van der Waals surface area (Å²) < 4.78 is 27.8. The summed E-state index contributed by atoms with van der Waals surface area (Å²) in [6.45, 7) is 6.63. The summed E-state index contributed by atoms with van der Waals surface area (Å²) in [5.74, 6) is 0. The Kier molecular flexibility index (Phi) is 11.0. The molecule has 5 nitrogen and oxygen atoms in total. The monoisotopic (exact) mass is 282 g/mol. The van der Waals surface area contributed by atoms with Crippen molar-refractivity contribution in [3.63, 3.8) is 0 Å². The van der Waals surface area contributed by atoms with E-state index in [0.29, 0.717) is 19.6 Å². The van der Waals surface area contributed by atoms with Crippen LogP contribution in [0.3, 0.4) is 0 Å². The fraction of sp³-hybridized carbons (Fsp3) is 1.00. The van der Waals surface area contributed by atoms with E-state index in [9.17, 15) is 4.57 Å². The molecular weight excluding hydrogens is 255 g/mol. The molecule has 1 atom stereocenters. The maximum atomic E-state index is 12.2. The number of hydrogen-bond donors (Lipinski definition) is 1. The molecule has 0 spiro atoms. The van der Waals surface area contributed by atoms with Crippen LogP contribution in [0.4, 0.5) is 0 Å². The summed E-state index contributed by atoms with van der Waals surface area (Å²) in [6.07, 6.45) is 3.50. The Hall–Kier alpha value is 0.0700. The quantitative estimate of drug-likeness (QED) is 0.438. The molecule has 0 aliphatic rings. The molecule has 0 bridgehead atoms. The zero-order valence-corrected chi connectivity index (χ0v) is 12.7. The topological polar surface area (TPSA) is 65.0 Å².